The predicted octanol–water partition coefficient (Wildman–Crippen LogP) is 4.79. The number of aromatic nitrogens is 4. The van der Waals surface area contributed by atoms with E-state index >= 15 is 0 Å². The average Bonchev–Trinajstić information content (AvgIpc) is 3.62. The van der Waals surface area contributed by atoms with E-state index in [4.69, 9.17) is 16.7 Å². The highest BCUT2D eigenvalue weighted by Gasteiger charge is 2.39. The van der Waals surface area contributed by atoms with Crippen LogP contribution in [0.25, 0.3) is 22.2 Å². The minimum Gasteiger partial charge on any atom is -0.339 e. The Morgan fingerprint density at radius 3 is 2.78 bits per heavy atom. The fourth-order valence-electron chi connectivity index (χ4n) is 6.00. The highest BCUT2D eigenvalue weighted by atomic mass is 35.5. The molecule has 1 N–H and O–H groups in total. The minimum absolute atomic E-state index is 0.0104. The third-order valence-electron chi connectivity index (χ3n) is 7.99. The summed E-state index contributed by atoms with van der Waals surface area (Å²) in [6.45, 7) is 9.21. The standard InChI is InChI=1S/C28H30ClN7O/c1-5-24(37)35-10-8-20(9-11-35)36-17(3)25(26-21-15-30-32-22(21)12-16(2)27(26)29)28(33-36)18-6-7-23-19(13-18)14-31-34(23)4/h5-7,12-15,20-21,26,32H,1,8-11H2,2-4H3. The fraction of sp³-hybridized carbons (Fsp3) is 0.357. The molecule has 6 rings (SSSR count). The highest BCUT2D eigenvalue weighted by molar-refractivity contribution is 6.31. The zero-order valence-electron chi connectivity index (χ0n) is 21.3. The molecule has 1 aliphatic carbocycles. The van der Waals surface area contributed by atoms with Gasteiger partial charge in [-0.3, -0.25) is 19.6 Å². The molecule has 2 aromatic heterocycles. The topological polar surface area (TPSA) is 80.3 Å². The summed E-state index contributed by atoms with van der Waals surface area (Å²) >= 11 is 7.07. The maximum Gasteiger partial charge on any atom is 0.245 e. The first-order valence-corrected chi connectivity index (χ1v) is 13.0. The molecule has 1 aromatic carbocycles. The second kappa shape index (κ2) is 9.03. The van der Waals surface area contributed by atoms with E-state index in [1.54, 1.807) is 0 Å². The summed E-state index contributed by atoms with van der Waals surface area (Å²) in [6.07, 6.45) is 9.01. The smallest absolute Gasteiger partial charge is 0.245 e. The molecule has 3 aromatic rings. The molecule has 2 aliphatic heterocycles. The second-order valence-corrected chi connectivity index (χ2v) is 10.5. The predicted molar refractivity (Wildman–Crippen MR) is 146 cm³/mol. The Balaban J connectivity index is 1.48. The Kier molecular flexibility index (Phi) is 5.79. The maximum atomic E-state index is 12.1. The van der Waals surface area contributed by atoms with Crippen molar-refractivity contribution in [3.05, 3.63) is 70.7 Å². The first-order chi connectivity index (χ1) is 17.9. The number of benzene rings is 1. The van der Waals surface area contributed by atoms with Gasteiger partial charge in [0, 0.05) is 71.1 Å². The quantitative estimate of drug-likeness (QED) is 0.506. The zero-order chi connectivity index (χ0) is 25.8. The lowest BCUT2D eigenvalue weighted by Crippen LogP contribution is -2.38. The molecular weight excluding hydrogens is 486 g/mol. The average molecular weight is 516 g/mol. The summed E-state index contributed by atoms with van der Waals surface area (Å²) in [5.41, 5.74) is 10.5. The van der Waals surface area contributed by atoms with Gasteiger partial charge in [-0.2, -0.15) is 15.3 Å². The summed E-state index contributed by atoms with van der Waals surface area (Å²) in [7, 11) is 1.95. The van der Waals surface area contributed by atoms with Crippen molar-refractivity contribution < 1.29 is 4.79 Å². The van der Waals surface area contributed by atoms with Crippen molar-refractivity contribution in [2.24, 2.45) is 18.1 Å². The molecule has 0 radical (unpaired) electrons. The van der Waals surface area contributed by atoms with Gasteiger partial charge in [0.05, 0.1) is 23.4 Å². The number of allylic oxidation sites excluding steroid dienone is 4. The number of hydrogen-bond acceptors (Lipinski definition) is 5. The number of fused-ring (bicyclic) bond motifs is 2. The Morgan fingerprint density at radius 2 is 2.03 bits per heavy atom. The number of hydrogen-bond donors (Lipinski definition) is 1. The van der Waals surface area contributed by atoms with Crippen LogP contribution in [-0.2, 0) is 11.8 Å². The second-order valence-electron chi connectivity index (χ2n) is 10.1. The number of likely N-dealkylation sites (tertiary alicyclic amines) is 1. The number of aryl methyl sites for hydroxylation is 1. The number of hydrazone groups is 1. The Hall–Kier alpha value is -3.65. The van der Waals surface area contributed by atoms with Crippen LogP contribution in [0.5, 0.6) is 0 Å². The first kappa shape index (κ1) is 23.7. The lowest BCUT2D eigenvalue weighted by molar-refractivity contribution is -0.127. The number of rotatable bonds is 4. The molecule has 1 fully saturated rings. The van der Waals surface area contributed by atoms with Crippen LogP contribution in [0.2, 0.25) is 0 Å². The number of carbonyl (C=O) groups excluding carboxylic acids is 1. The third kappa shape index (κ3) is 3.82. The SMILES string of the molecule is C=CC(=O)N1CCC(n2nc(-c3ccc4c(cnn4C)c3)c(C3C(Cl)=C(C)C=C4NN=CC43)c2C)CC1. The van der Waals surface area contributed by atoms with Crippen molar-refractivity contribution in [3.63, 3.8) is 0 Å². The van der Waals surface area contributed by atoms with Gasteiger partial charge in [0.2, 0.25) is 5.91 Å². The third-order valence-corrected chi connectivity index (χ3v) is 8.53. The van der Waals surface area contributed by atoms with E-state index in [0.717, 1.165) is 62.6 Å². The number of carbonyl (C=O) groups is 1. The Bertz CT molecular complexity index is 1520. The van der Waals surface area contributed by atoms with Gasteiger partial charge in [-0.25, -0.2) is 0 Å². The van der Waals surface area contributed by atoms with Gasteiger partial charge >= 0.3 is 0 Å². The van der Waals surface area contributed by atoms with Crippen molar-refractivity contribution in [1.82, 2.24) is 29.9 Å². The molecular formula is C28H30ClN7O. The van der Waals surface area contributed by atoms with Gasteiger partial charge in [0.15, 0.2) is 0 Å². The lowest BCUT2D eigenvalue weighted by atomic mass is 9.78. The Morgan fingerprint density at radius 1 is 1.24 bits per heavy atom. The van der Waals surface area contributed by atoms with Crippen molar-refractivity contribution in [2.45, 2.75) is 38.6 Å². The van der Waals surface area contributed by atoms with Gasteiger partial charge in [-0.1, -0.05) is 24.2 Å². The minimum atomic E-state index is -0.0869. The van der Waals surface area contributed by atoms with E-state index in [1.165, 1.54) is 6.08 Å². The largest absolute Gasteiger partial charge is 0.339 e. The summed E-state index contributed by atoms with van der Waals surface area (Å²) in [5, 5.41) is 15.9. The van der Waals surface area contributed by atoms with E-state index in [2.05, 4.69) is 58.1 Å². The Labute approximate surface area is 221 Å². The maximum absolute atomic E-state index is 12.1. The van der Waals surface area contributed by atoms with E-state index in [1.807, 2.05) is 36.0 Å². The van der Waals surface area contributed by atoms with Gasteiger partial charge in [-0.15, -0.1) is 0 Å². The van der Waals surface area contributed by atoms with Gasteiger partial charge in [0.1, 0.15) is 0 Å². The molecule has 37 heavy (non-hydrogen) atoms. The van der Waals surface area contributed by atoms with Crippen LogP contribution >= 0.6 is 11.6 Å². The van der Waals surface area contributed by atoms with E-state index < -0.39 is 0 Å². The summed E-state index contributed by atoms with van der Waals surface area (Å²) in [5.74, 6) is -0.0691. The molecule has 1 saturated heterocycles. The molecule has 9 heteroatoms. The molecule has 1 amide bonds. The van der Waals surface area contributed by atoms with Crippen LogP contribution in [0.1, 0.15) is 43.0 Å². The van der Waals surface area contributed by atoms with Crippen molar-refractivity contribution in [2.75, 3.05) is 13.1 Å². The van der Waals surface area contributed by atoms with Crippen molar-refractivity contribution in [3.8, 4) is 11.3 Å². The molecule has 3 aliphatic rings. The van der Waals surface area contributed by atoms with Gasteiger partial charge in [-0.05, 0) is 56.5 Å². The highest BCUT2D eigenvalue weighted by Crippen LogP contribution is 2.48. The van der Waals surface area contributed by atoms with E-state index in [9.17, 15) is 4.79 Å². The summed E-state index contributed by atoms with van der Waals surface area (Å²) < 4.78 is 4.05. The number of nitrogens with one attached hydrogen (secondary N) is 1. The molecule has 4 heterocycles. The van der Waals surface area contributed by atoms with Crippen LogP contribution in [0.15, 0.2) is 64.5 Å². The first-order valence-electron chi connectivity index (χ1n) is 12.7. The van der Waals surface area contributed by atoms with Crippen LogP contribution in [0, 0.1) is 12.8 Å². The van der Waals surface area contributed by atoms with Gasteiger partial charge in [0.25, 0.3) is 0 Å². The summed E-state index contributed by atoms with van der Waals surface area (Å²) in [6, 6.07) is 6.58. The fourth-order valence-corrected chi connectivity index (χ4v) is 6.30. The van der Waals surface area contributed by atoms with Crippen molar-refractivity contribution in [1.29, 1.82) is 0 Å². The lowest BCUT2D eigenvalue weighted by Gasteiger charge is -2.32. The van der Waals surface area contributed by atoms with Crippen LogP contribution < -0.4 is 5.43 Å². The van der Waals surface area contributed by atoms with Crippen LogP contribution in [0.3, 0.4) is 0 Å². The number of piperidine rings is 1. The van der Waals surface area contributed by atoms with Crippen LogP contribution in [0.4, 0.5) is 0 Å². The normalized spacial score (nSPS) is 21.8. The zero-order valence-corrected chi connectivity index (χ0v) is 22.0. The molecule has 2 unspecified atom stereocenters. The van der Waals surface area contributed by atoms with Crippen LogP contribution in [-0.4, -0.2) is 49.7 Å². The molecule has 0 bridgehead atoms. The summed E-state index contributed by atoms with van der Waals surface area (Å²) in [4.78, 5) is 14.0. The van der Waals surface area contributed by atoms with Crippen molar-refractivity contribution >= 4 is 34.6 Å². The van der Waals surface area contributed by atoms with E-state index in [-0.39, 0.29) is 23.8 Å². The molecule has 8 nitrogen and oxygen atoms in total. The molecule has 0 spiro atoms. The van der Waals surface area contributed by atoms with Gasteiger partial charge < -0.3 is 4.90 Å². The molecule has 2 atom stereocenters. The van der Waals surface area contributed by atoms with E-state index in [0.29, 0.717) is 13.1 Å². The number of halogens is 1. The molecule has 0 saturated carbocycles. The number of nitrogens with zero attached hydrogens (tertiary/aromatic N) is 6. The monoisotopic (exact) mass is 515 g/mol. The molecule has 190 valence electrons. The number of amides is 1.